The topological polar surface area (TPSA) is 95.1 Å². The van der Waals surface area contributed by atoms with Gasteiger partial charge in [-0.2, -0.15) is 5.10 Å². The van der Waals surface area contributed by atoms with Crippen LogP contribution in [-0.2, 0) is 17.6 Å². The molecule has 6 nitrogen and oxygen atoms in total. The van der Waals surface area contributed by atoms with Gasteiger partial charge in [-0.1, -0.05) is 0 Å². The number of amides is 1. The van der Waals surface area contributed by atoms with Gasteiger partial charge < -0.3 is 10.4 Å². The molecule has 0 saturated heterocycles. The highest BCUT2D eigenvalue weighted by molar-refractivity contribution is 5.94. The van der Waals surface area contributed by atoms with Gasteiger partial charge in [0.1, 0.15) is 0 Å². The molecule has 3 N–H and O–H groups in total. The van der Waals surface area contributed by atoms with Crippen molar-refractivity contribution in [3.05, 3.63) is 17.0 Å². The normalized spacial score (nSPS) is 25.2. The Hall–Kier alpha value is -1.85. The van der Waals surface area contributed by atoms with E-state index in [2.05, 4.69) is 15.5 Å². The zero-order valence-electron chi connectivity index (χ0n) is 11.3. The number of aromatic nitrogens is 2. The van der Waals surface area contributed by atoms with Crippen LogP contribution in [0.15, 0.2) is 0 Å². The molecule has 1 amide bonds. The molecule has 6 heteroatoms. The van der Waals surface area contributed by atoms with Crippen LogP contribution in [0.4, 0.5) is 0 Å². The highest BCUT2D eigenvalue weighted by Gasteiger charge is 2.31. The molecule has 2 aliphatic carbocycles. The summed E-state index contributed by atoms with van der Waals surface area (Å²) in [7, 11) is 0. The number of hydrogen-bond acceptors (Lipinski definition) is 3. The lowest BCUT2D eigenvalue weighted by atomic mass is 9.95. The number of rotatable bonds is 3. The second-order valence-corrected chi connectivity index (χ2v) is 5.76. The van der Waals surface area contributed by atoms with E-state index in [1.807, 2.05) is 0 Å². The lowest BCUT2D eigenvalue weighted by Crippen LogP contribution is -2.34. The van der Waals surface area contributed by atoms with E-state index in [1.165, 1.54) is 0 Å². The molecule has 2 atom stereocenters. The van der Waals surface area contributed by atoms with Crippen LogP contribution in [-0.4, -0.2) is 33.2 Å². The number of nitrogens with one attached hydrogen (secondary N) is 2. The molecular formula is C14H19N3O3. The Morgan fingerprint density at radius 3 is 2.80 bits per heavy atom. The van der Waals surface area contributed by atoms with E-state index >= 15 is 0 Å². The van der Waals surface area contributed by atoms with Gasteiger partial charge in [0, 0.05) is 17.3 Å². The number of carboxylic acid groups (broad SMARTS) is 1. The third kappa shape index (κ3) is 2.42. The number of H-pyrrole nitrogens is 1. The molecule has 20 heavy (non-hydrogen) atoms. The molecule has 1 aromatic heterocycles. The number of carbonyl (C=O) groups is 2. The van der Waals surface area contributed by atoms with Crippen LogP contribution in [0.5, 0.6) is 0 Å². The zero-order chi connectivity index (χ0) is 14.1. The van der Waals surface area contributed by atoms with E-state index < -0.39 is 5.97 Å². The summed E-state index contributed by atoms with van der Waals surface area (Å²) in [6.07, 6.45) is 5.98. The average Bonchev–Trinajstić information content (AvgIpc) is 3.04. The van der Waals surface area contributed by atoms with Crippen LogP contribution in [0.25, 0.3) is 0 Å². The van der Waals surface area contributed by atoms with Gasteiger partial charge in [-0.3, -0.25) is 14.7 Å². The molecular weight excluding hydrogens is 258 g/mol. The molecule has 0 aliphatic heterocycles. The summed E-state index contributed by atoms with van der Waals surface area (Å²) in [4.78, 5) is 23.2. The fraction of sp³-hybridized carbons (Fsp3) is 0.643. The van der Waals surface area contributed by atoms with E-state index in [0.717, 1.165) is 43.4 Å². The Bertz CT molecular complexity index is 538. The van der Waals surface area contributed by atoms with Crippen molar-refractivity contribution in [1.29, 1.82) is 0 Å². The quantitative estimate of drug-likeness (QED) is 0.775. The minimum Gasteiger partial charge on any atom is -0.481 e. The van der Waals surface area contributed by atoms with E-state index in [9.17, 15) is 9.59 Å². The fourth-order valence-electron chi connectivity index (χ4n) is 3.26. The van der Waals surface area contributed by atoms with Crippen molar-refractivity contribution in [3.8, 4) is 0 Å². The first-order valence-corrected chi connectivity index (χ1v) is 7.25. The van der Waals surface area contributed by atoms with Crippen molar-refractivity contribution < 1.29 is 14.7 Å². The maximum atomic E-state index is 12.3. The summed E-state index contributed by atoms with van der Waals surface area (Å²) in [5.74, 6) is -1.26. The van der Waals surface area contributed by atoms with E-state index in [1.54, 1.807) is 0 Å². The smallest absolute Gasteiger partial charge is 0.306 e. The highest BCUT2D eigenvalue weighted by atomic mass is 16.4. The number of carboxylic acids is 1. The van der Waals surface area contributed by atoms with Crippen molar-refractivity contribution in [2.45, 2.75) is 51.0 Å². The van der Waals surface area contributed by atoms with Crippen LogP contribution < -0.4 is 5.32 Å². The highest BCUT2D eigenvalue weighted by Crippen LogP contribution is 2.27. The monoisotopic (exact) mass is 277 g/mol. The Morgan fingerprint density at radius 2 is 2.05 bits per heavy atom. The average molecular weight is 277 g/mol. The first-order chi connectivity index (χ1) is 9.65. The summed E-state index contributed by atoms with van der Waals surface area (Å²) < 4.78 is 0. The lowest BCUT2D eigenvalue weighted by molar-refractivity contribution is -0.141. The Labute approximate surface area is 116 Å². The molecule has 0 aromatic carbocycles. The Morgan fingerprint density at radius 1 is 1.25 bits per heavy atom. The van der Waals surface area contributed by atoms with Crippen LogP contribution in [0.2, 0.25) is 0 Å². The van der Waals surface area contributed by atoms with Crippen molar-refractivity contribution in [2.75, 3.05) is 0 Å². The maximum absolute atomic E-state index is 12.3. The SMILES string of the molecule is O=C(N[C@H]1CC[C@@H](C(=O)O)C1)c1n[nH]c2c1CCCC2. The first-order valence-electron chi connectivity index (χ1n) is 7.25. The van der Waals surface area contributed by atoms with Crippen molar-refractivity contribution in [1.82, 2.24) is 15.5 Å². The van der Waals surface area contributed by atoms with Gasteiger partial charge in [-0.05, 0) is 44.9 Å². The molecule has 1 fully saturated rings. The minimum absolute atomic E-state index is 0.0421. The second-order valence-electron chi connectivity index (χ2n) is 5.76. The van der Waals surface area contributed by atoms with Crippen LogP contribution in [0.1, 0.15) is 53.8 Å². The maximum Gasteiger partial charge on any atom is 0.306 e. The number of aromatic amines is 1. The summed E-state index contributed by atoms with van der Waals surface area (Å²) in [6, 6.07) is -0.0421. The molecule has 0 bridgehead atoms. The van der Waals surface area contributed by atoms with Crippen LogP contribution in [0.3, 0.4) is 0 Å². The third-order valence-electron chi connectivity index (χ3n) is 4.39. The molecule has 0 radical (unpaired) electrons. The summed E-state index contributed by atoms with van der Waals surface area (Å²) in [6.45, 7) is 0. The van der Waals surface area contributed by atoms with Gasteiger partial charge in [0.05, 0.1) is 5.92 Å². The first kappa shape index (κ1) is 13.1. The largest absolute Gasteiger partial charge is 0.481 e. The number of hydrogen-bond donors (Lipinski definition) is 3. The standard InChI is InChI=1S/C14H19N3O3/c18-13(15-9-6-5-8(7-9)14(19)20)12-10-3-1-2-4-11(10)16-17-12/h8-9H,1-7H2,(H,15,18)(H,16,17)(H,19,20)/t8-,9+/m1/s1. The predicted molar refractivity (Wildman–Crippen MR) is 71.5 cm³/mol. The van der Waals surface area contributed by atoms with Crippen LogP contribution >= 0.6 is 0 Å². The van der Waals surface area contributed by atoms with Crippen LogP contribution in [0, 0.1) is 5.92 Å². The number of carbonyl (C=O) groups excluding carboxylic acids is 1. The van der Waals surface area contributed by atoms with E-state index in [0.29, 0.717) is 18.5 Å². The second kappa shape index (κ2) is 5.26. The molecule has 3 rings (SSSR count). The van der Waals surface area contributed by atoms with Gasteiger partial charge >= 0.3 is 5.97 Å². The van der Waals surface area contributed by atoms with Gasteiger partial charge in [0.2, 0.25) is 0 Å². The van der Waals surface area contributed by atoms with Crippen molar-refractivity contribution in [3.63, 3.8) is 0 Å². The molecule has 108 valence electrons. The number of fused-ring (bicyclic) bond motifs is 1. The zero-order valence-corrected chi connectivity index (χ0v) is 11.3. The van der Waals surface area contributed by atoms with Gasteiger partial charge in [0.25, 0.3) is 5.91 Å². The third-order valence-corrected chi connectivity index (χ3v) is 4.39. The van der Waals surface area contributed by atoms with E-state index in [4.69, 9.17) is 5.11 Å². The summed E-state index contributed by atoms with van der Waals surface area (Å²) in [5.41, 5.74) is 2.62. The number of aryl methyl sites for hydroxylation is 1. The van der Waals surface area contributed by atoms with Crippen molar-refractivity contribution >= 4 is 11.9 Å². The Balaban J connectivity index is 1.65. The predicted octanol–water partition coefficient (Wildman–Crippen LogP) is 1.27. The summed E-state index contributed by atoms with van der Waals surface area (Å²) in [5, 5.41) is 19.0. The molecule has 0 unspecified atom stereocenters. The van der Waals surface area contributed by atoms with Gasteiger partial charge in [-0.15, -0.1) is 0 Å². The van der Waals surface area contributed by atoms with Gasteiger partial charge in [0.15, 0.2) is 5.69 Å². The fourth-order valence-corrected chi connectivity index (χ4v) is 3.26. The molecule has 1 saturated carbocycles. The number of nitrogens with zero attached hydrogens (tertiary/aromatic N) is 1. The molecule has 1 aromatic rings. The molecule has 2 aliphatic rings. The minimum atomic E-state index is -0.765. The number of aliphatic carboxylic acids is 1. The lowest BCUT2D eigenvalue weighted by Gasteiger charge is -2.14. The van der Waals surface area contributed by atoms with Crippen molar-refractivity contribution in [2.24, 2.45) is 5.92 Å². The Kier molecular flexibility index (Phi) is 3.46. The molecule has 1 heterocycles. The summed E-state index contributed by atoms with van der Waals surface area (Å²) >= 11 is 0. The van der Waals surface area contributed by atoms with E-state index in [-0.39, 0.29) is 17.9 Å². The molecule has 0 spiro atoms. The van der Waals surface area contributed by atoms with Gasteiger partial charge in [-0.25, -0.2) is 0 Å².